The SMILES string of the molecule is COc1cccc(/C(=C/C=C/CC(=O)O)c2ccccc2)c1. The van der Waals surface area contributed by atoms with Gasteiger partial charge in [0.2, 0.25) is 0 Å². The van der Waals surface area contributed by atoms with Gasteiger partial charge in [-0.2, -0.15) is 0 Å². The van der Waals surface area contributed by atoms with Crippen molar-refractivity contribution in [2.45, 2.75) is 6.42 Å². The quantitative estimate of drug-likeness (QED) is 0.814. The minimum Gasteiger partial charge on any atom is -0.497 e. The molecule has 2 aromatic carbocycles. The molecule has 0 aliphatic heterocycles. The topological polar surface area (TPSA) is 46.5 Å². The number of benzene rings is 2. The molecule has 0 heterocycles. The Kier molecular flexibility index (Phi) is 5.55. The number of carboxylic acids is 1. The molecular formula is C19H18O3. The van der Waals surface area contributed by atoms with E-state index >= 15 is 0 Å². The Morgan fingerprint density at radius 2 is 1.82 bits per heavy atom. The van der Waals surface area contributed by atoms with Crippen LogP contribution in [0.3, 0.4) is 0 Å². The van der Waals surface area contributed by atoms with Gasteiger partial charge in [0.05, 0.1) is 13.5 Å². The van der Waals surface area contributed by atoms with Crippen LogP contribution in [0.15, 0.2) is 72.8 Å². The van der Waals surface area contributed by atoms with Crippen molar-refractivity contribution in [3.8, 4) is 5.75 Å². The predicted octanol–water partition coefficient (Wildman–Crippen LogP) is 4.16. The maximum Gasteiger partial charge on any atom is 0.307 e. The highest BCUT2D eigenvalue weighted by Crippen LogP contribution is 2.26. The monoisotopic (exact) mass is 294 g/mol. The molecule has 2 aromatic rings. The first-order valence-electron chi connectivity index (χ1n) is 6.99. The third-order valence-electron chi connectivity index (χ3n) is 3.16. The molecule has 22 heavy (non-hydrogen) atoms. The number of rotatable bonds is 6. The van der Waals surface area contributed by atoms with Crippen molar-refractivity contribution in [3.63, 3.8) is 0 Å². The summed E-state index contributed by atoms with van der Waals surface area (Å²) in [6, 6.07) is 17.8. The summed E-state index contributed by atoms with van der Waals surface area (Å²) in [7, 11) is 1.64. The van der Waals surface area contributed by atoms with Crippen molar-refractivity contribution in [1.82, 2.24) is 0 Å². The number of hydrogen-bond donors (Lipinski definition) is 1. The van der Waals surface area contributed by atoms with Crippen LogP contribution in [0, 0.1) is 0 Å². The van der Waals surface area contributed by atoms with Crippen LogP contribution in [0.2, 0.25) is 0 Å². The van der Waals surface area contributed by atoms with Crippen LogP contribution in [0.1, 0.15) is 17.5 Å². The lowest BCUT2D eigenvalue weighted by molar-refractivity contribution is -0.136. The second-order valence-corrected chi connectivity index (χ2v) is 4.70. The van der Waals surface area contributed by atoms with Crippen molar-refractivity contribution in [2.75, 3.05) is 7.11 Å². The van der Waals surface area contributed by atoms with Crippen LogP contribution in [-0.4, -0.2) is 18.2 Å². The molecule has 0 radical (unpaired) electrons. The summed E-state index contributed by atoms with van der Waals surface area (Å²) in [5, 5.41) is 8.69. The van der Waals surface area contributed by atoms with E-state index in [0.717, 1.165) is 22.4 Å². The summed E-state index contributed by atoms with van der Waals surface area (Å²) in [6.07, 6.45) is 5.34. The van der Waals surface area contributed by atoms with Gasteiger partial charge < -0.3 is 9.84 Å². The molecule has 0 spiro atoms. The van der Waals surface area contributed by atoms with E-state index in [2.05, 4.69) is 0 Å². The third kappa shape index (κ3) is 4.35. The standard InChI is InChI=1S/C19H18O3/c1-22-17-11-7-10-16(14-17)18(12-5-6-13-19(20)21)15-8-3-2-4-9-15/h2-12,14H,13H2,1H3,(H,20,21)/b6-5+,18-12+. The van der Waals surface area contributed by atoms with E-state index in [9.17, 15) is 4.79 Å². The predicted molar refractivity (Wildman–Crippen MR) is 87.9 cm³/mol. The molecule has 0 bridgehead atoms. The molecule has 0 amide bonds. The lowest BCUT2D eigenvalue weighted by Gasteiger charge is -2.09. The molecule has 1 N–H and O–H groups in total. The fourth-order valence-electron chi connectivity index (χ4n) is 2.10. The molecule has 112 valence electrons. The number of allylic oxidation sites excluding steroid dienone is 2. The highest BCUT2D eigenvalue weighted by Gasteiger charge is 2.05. The Labute approximate surface area is 130 Å². The zero-order valence-electron chi connectivity index (χ0n) is 12.4. The van der Waals surface area contributed by atoms with Crippen molar-refractivity contribution in [3.05, 3.63) is 84.0 Å². The second-order valence-electron chi connectivity index (χ2n) is 4.70. The largest absolute Gasteiger partial charge is 0.497 e. The van der Waals surface area contributed by atoms with Gasteiger partial charge >= 0.3 is 5.97 Å². The third-order valence-corrected chi connectivity index (χ3v) is 3.16. The smallest absolute Gasteiger partial charge is 0.307 e. The molecule has 0 aliphatic carbocycles. The molecule has 0 aromatic heterocycles. The summed E-state index contributed by atoms with van der Waals surface area (Å²) in [4.78, 5) is 10.6. The van der Waals surface area contributed by atoms with Crippen LogP contribution in [0.4, 0.5) is 0 Å². The highest BCUT2D eigenvalue weighted by molar-refractivity contribution is 5.81. The van der Waals surface area contributed by atoms with E-state index in [-0.39, 0.29) is 6.42 Å². The van der Waals surface area contributed by atoms with E-state index < -0.39 is 5.97 Å². The maximum absolute atomic E-state index is 10.6. The summed E-state index contributed by atoms with van der Waals surface area (Å²) in [6.45, 7) is 0. The Balaban J connectivity index is 2.39. The summed E-state index contributed by atoms with van der Waals surface area (Å²) < 4.78 is 5.28. The van der Waals surface area contributed by atoms with E-state index in [0.29, 0.717) is 0 Å². The Hall–Kier alpha value is -2.81. The first-order chi connectivity index (χ1) is 10.7. The fraction of sp³-hybridized carbons (Fsp3) is 0.105. The average Bonchev–Trinajstić information content (AvgIpc) is 2.55. The van der Waals surface area contributed by atoms with Crippen LogP contribution in [0.25, 0.3) is 5.57 Å². The lowest BCUT2D eigenvalue weighted by atomic mass is 9.97. The van der Waals surface area contributed by atoms with Gasteiger partial charge in [-0.1, -0.05) is 60.7 Å². The van der Waals surface area contributed by atoms with Crippen LogP contribution in [0.5, 0.6) is 5.75 Å². The first-order valence-corrected chi connectivity index (χ1v) is 6.99. The fourth-order valence-corrected chi connectivity index (χ4v) is 2.10. The van der Waals surface area contributed by atoms with Crippen LogP contribution < -0.4 is 4.74 Å². The lowest BCUT2D eigenvalue weighted by Crippen LogP contribution is -1.91. The molecule has 0 saturated carbocycles. The van der Waals surface area contributed by atoms with Gasteiger partial charge in [0.15, 0.2) is 0 Å². The minimum atomic E-state index is -0.840. The molecular weight excluding hydrogens is 276 g/mol. The summed E-state index contributed by atoms with van der Waals surface area (Å²) in [5.74, 6) is -0.0545. The van der Waals surface area contributed by atoms with E-state index in [1.165, 1.54) is 0 Å². The number of aliphatic carboxylic acids is 1. The van der Waals surface area contributed by atoms with Gasteiger partial charge in [-0.05, 0) is 28.8 Å². The summed E-state index contributed by atoms with van der Waals surface area (Å²) in [5.41, 5.74) is 3.10. The van der Waals surface area contributed by atoms with Crippen molar-refractivity contribution in [1.29, 1.82) is 0 Å². The zero-order chi connectivity index (χ0) is 15.8. The first kappa shape index (κ1) is 15.6. The van der Waals surface area contributed by atoms with Gasteiger partial charge in [-0.15, -0.1) is 0 Å². The zero-order valence-corrected chi connectivity index (χ0v) is 12.4. The van der Waals surface area contributed by atoms with Gasteiger partial charge in [0.25, 0.3) is 0 Å². The van der Waals surface area contributed by atoms with Crippen molar-refractivity contribution in [2.24, 2.45) is 0 Å². The maximum atomic E-state index is 10.6. The Bertz CT molecular complexity index is 685. The van der Waals surface area contributed by atoms with Crippen LogP contribution in [-0.2, 0) is 4.79 Å². The second kappa shape index (κ2) is 7.84. The number of methoxy groups -OCH3 is 1. The number of ether oxygens (including phenoxy) is 1. The number of carboxylic acid groups (broad SMARTS) is 1. The van der Waals surface area contributed by atoms with E-state index in [1.54, 1.807) is 19.3 Å². The van der Waals surface area contributed by atoms with Crippen molar-refractivity contribution >= 4 is 11.5 Å². The number of carbonyl (C=O) groups is 1. The van der Waals surface area contributed by atoms with E-state index in [4.69, 9.17) is 9.84 Å². The molecule has 0 aliphatic rings. The normalized spacial score (nSPS) is 11.6. The van der Waals surface area contributed by atoms with Crippen molar-refractivity contribution < 1.29 is 14.6 Å². The van der Waals surface area contributed by atoms with Gasteiger partial charge in [0.1, 0.15) is 5.75 Å². The van der Waals surface area contributed by atoms with Crippen LogP contribution >= 0.6 is 0 Å². The Morgan fingerprint density at radius 3 is 2.50 bits per heavy atom. The summed E-state index contributed by atoms with van der Waals surface area (Å²) >= 11 is 0. The van der Waals surface area contributed by atoms with Gasteiger partial charge in [-0.3, -0.25) is 4.79 Å². The molecule has 0 fully saturated rings. The molecule has 0 unspecified atom stereocenters. The minimum absolute atomic E-state index is 0.0106. The van der Waals surface area contributed by atoms with E-state index in [1.807, 2.05) is 60.7 Å². The number of hydrogen-bond acceptors (Lipinski definition) is 2. The molecule has 2 rings (SSSR count). The van der Waals surface area contributed by atoms with Gasteiger partial charge in [0, 0.05) is 0 Å². The molecule has 0 atom stereocenters. The Morgan fingerprint density at radius 1 is 1.09 bits per heavy atom. The molecule has 3 heteroatoms. The molecule has 0 saturated heterocycles. The average molecular weight is 294 g/mol. The molecule has 3 nitrogen and oxygen atoms in total. The highest BCUT2D eigenvalue weighted by atomic mass is 16.5. The van der Waals surface area contributed by atoms with Gasteiger partial charge in [-0.25, -0.2) is 0 Å².